The van der Waals surface area contributed by atoms with Crippen molar-refractivity contribution in [2.45, 2.75) is 58.3 Å². The molecular formula is C25H27N5O4. The summed E-state index contributed by atoms with van der Waals surface area (Å²) in [6.07, 6.45) is 6.02. The Kier molecular flexibility index (Phi) is 5.34. The molecule has 1 saturated heterocycles. The Morgan fingerprint density at radius 3 is 2.68 bits per heavy atom. The van der Waals surface area contributed by atoms with Crippen LogP contribution < -0.4 is 4.74 Å². The largest absolute Gasteiger partial charge is 0.472 e. The van der Waals surface area contributed by atoms with E-state index in [1.54, 1.807) is 30.7 Å². The van der Waals surface area contributed by atoms with Crippen molar-refractivity contribution in [2.75, 3.05) is 6.54 Å². The lowest BCUT2D eigenvalue weighted by molar-refractivity contribution is 0.00905. The van der Waals surface area contributed by atoms with Gasteiger partial charge in [0.15, 0.2) is 0 Å². The fraction of sp³-hybridized carbons (Fsp3) is 0.400. The third-order valence-corrected chi connectivity index (χ3v) is 6.58. The molecule has 176 valence electrons. The summed E-state index contributed by atoms with van der Waals surface area (Å²) < 4.78 is 11.7. The minimum atomic E-state index is -0.724. The highest BCUT2D eigenvalue weighted by Crippen LogP contribution is 2.39. The normalized spacial score (nSPS) is 21.2. The first kappa shape index (κ1) is 22.1. The van der Waals surface area contributed by atoms with E-state index >= 15 is 0 Å². The Labute approximate surface area is 197 Å². The zero-order valence-electron chi connectivity index (χ0n) is 19.7. The molecule has 9 heteroatoms. The van der Waals surface area contributed by atoms with Crippen LogP contribution in [0.2, 0.25) is 0 Å². The number of ether oxygens (including phenoxy) is 2. The van der Waals surface area contributed by atoms with Gasteiger partial charge in [0.25, 0.3) is 5.91 Å². The molecule has 1 aromatic carbocycles. The van der Waals surface area contributed by atoms with Gasteiger partial charge in [0.1, 0.15) is 23.0 Å². The van der Waals surface area contributed by atoms with Gasteiger partial charge in [-0.15, -0.1) is 0 Å². The predicted octanol–water partition coefficient (Wildman–Crippen LogP) is 3.45. The van der Waals surface area contributed by atoms with Gasteiger partial charge in [0, 0.05) is 17.8 Å². The second-order valence-corrected chi connectivity index (χ2v) is 9.35. The summed E-state index contributed by atoms with van der Waals surface area (Å²) >= 11 is 0. The van der Waals surface area contributed by atoms with Gasteiger partial charge in [-0.1, -0.05) is 12.1 Å². The standard InChI is InChI=1S/C25H27N5O4/c1-15-6-5-7-18(21(15)30-27-12-13-28-30)23(31)29-14-17(9-8-16(29)2)33-22-20-19(10-11-26-22)25(3,4)34-24(20)32/h5-7,10-13,16-17H,8-9,14H2,1-4H3/t16-,17-/m1/s1. The van der Waals surface area contributed by atoms with E-state index < -0.39 is 11.6 Å². The van der Waals surface area contributed by atoms with Crippen LogP contribution in [0.4, 0.5) is 0 Å². The summed E-state index contributed by atoms with van der Waals surface area (Å²) in [5.74, 6) is -0.281. The van der Waals surface area contributed by atoms with E-state index in [0.717, 1.165) is 24.0 Å². The molecule has 0 bridgehead atoms. The van der Waals surface area contributed by atoms with Crippen LogP contribution in [0.25, 0.3) is 5.69 Å². The quantitative estimate of drug-likeness (QED) is 0.549. The number of rotatable bonds is 4. The smallest absolute Gasteiger partial charge is 0.344 e. The van der Waals surface area contributed by atoms with Crippen LogP contribution in [0.15, 0.2) is 42.9 Å². The molecule has 2 aliphatic heterocycles. The summed E-state index contributed by atoms with van der Waals surface area (Å²) in [7, 11) is 0. The van der Waals surface area contributed by atoms with Gasteiger partial charge in [0.05, 0.1) is 24.5 Å². The molecule has 1 amide bonds. The van der Waals surface area contributed by atoms with Gasteiger partial charge in [-0.25, -0.2) is 9.78 Å². The highest BCUT2D eigenvalue weighted by molar-refractivity contribution is 5.98. The summed E-state index contributed by atoms with van der Waals surface area (Å²) in [5.41, 5.74) is 2.52. The Hall–Kier alpha value is -3.75. The fourth-order valence-corrected chi connectivity index (χ4v) is 4.76. The van der Waals surface area contributed by atoms with Gasteiger partial charge < -0.3 is 14.4 Å². The molecule has 0 aliphatic carbocycles. The number of aryl methyl sites for hydroxylation is 1. The van der Waals surface area contributed by atoms with Crippen molar-refractivity contribution < 1.29 is 19.1 Å². The van der Waals surface area contributed by atoms with Crippen molar-refractivity contribution in [3.05, 3.63) is 65.1 Å². The van der Waals surface area contributed by atoms with Gasteiger partial charge >= 0.3 is 5.97 Å². The lowest BCUT2D eigenvalue weighted by Gasteiger charge is -2.38. The third kappa shape index (κ3) is 3.70. The van der Waals surface area contributed by atoms with Crippen LogP contribution in [-0.2, 0) is 10.3 Å². The number of likely N-dealkylation sites (tertiary alicyclic amines) is 1. The first-order valence-corrected chi connectivity index (χ1v) is 11.4. The second-order valence-electron chi connectivity index (χ2n) is 9.35. The van der Waals surface area contributed by atoms with Crippen molar-refractivity contribution in [1.82, 2.24) is 24.9 Å². The number of hydrogen-bond acceptors (Lipinski definition) is 7. The number of aromatic nitrogens is 4. The van der Waals surface area contributed by atoms with E-state index in [0.29, 0.717) is 23.4 Å². The van der Waals surface area contributed by atoms with Gasteiger partial charge in [-0.05, 0) is 58.2 Å². The van der Waals surface area contributed by atoms with E-state index in [9.17, 15) is 9.59 Å². The number of nitrogens with zero attached hydrogens (tertiary/aromatic N) is 5. The van der Waals surface area contributed by atoms with Crippen LogP contribution in [-0.4, -0.2) is 55.4 Å². The number of carbonyl (C=O) groups excluding carboxylic acids is 2. The Morgan fingerprint density at radius 2 is 1.91 bits per heavy atom. The van der Waals surface area contributed by atoms with Crippen LogP contribution in [0, 0.1) is 6.92 Å². The minimum Gasteiger partial charge on any atom is -0.472 e. The minimum absolute atomic E-state index is 0.0321. The van der Waals surface area contributed by atoms with E-state index in [4.69, 9.17) is 9.47 Å². The second kappa shape index (κ2) is 8.23. The molecule has 2 atom stereocenters. The summed E-state index contributed by atoms with van der Waals surface area (Å²) in [6, 6.07) is 7.42. The number of pyridine rings is 1. The van der Waals surface area contributed by atoms with Crippen molar-refractivity contribution in [2.24, 2.45) is 0 Å². The molecule has 0 spiro atoms. The van der Waals surface area contributed by atoms with Crippen LogP contribution in [0.1, 0.15) is 65.5 Å². The highest BCUT2D eigenvalue weighted by Gasteiger charge is 2.41. The zero-order valence-corrected chi connectivity index (χ0v) is 19.7. The average Bonchev–Trinajstić information content (AvgIpc) is 3.41. The number of fused-ring (bicyclic) bond motifs is 1. The molecule has 2 aliphatic rings. The summed E-state index contributed by atoms with van der Waals surface area (Å²) in [5, 5.41) is 8.47. The topological polar surface area (TPSA) is 99.4 Å². The van der Waals surface area contributed by atoms with Crippen LogP contribution in [0.5, 0.6) is 5.88 Å². The maximum Gasteiger partial charge on any atom is 0.344 e. The Bertz CT molecular complexity index is 1250. The number of esters is 1. The zero-order chi connectivity index (χ0) is 24.0. The molecule has 2 aromatic heterocycles. The molecule has 0 unspecified atom stereocenters. The highest BCUT2D eigenvalue weighted by atomic mass is 16.6. The number of cyclic esters (lactones) is 1. The molecule has 5 rings (SSSR count). The lowest BCUT2D eigenvalue weighted by Crippen LogP contribution is -2.49. The van der Waals surface area contributed by atoms with Gasteiger partial charge in [0.2, 0.25) is 5.88 Å². The van der Waals surface area contributed by atoms with Crippen LogP contribution in [0.3, 0.4) is 0 Å². The number of amides is 1. The van der Waals surface area contributed by atoms with Crippen LogP contribution >= 0.6 is 0 Å². The van der Waals surface area contributed by atoms with E-state index in [2.05, 4.69) is 15.2 Å². The molecule has 4 heterocycles. The third-order valence-electron chi connectivity index (χ3n) is 6.58. The monoisotopic (exact) mass is 461 g/mol. The first-order chi connectivity index (χ1) is 16.3. The molecule has 9 nitrogen and oxygen atoms in total. The predicted molar refractivity (Wildman–Crippen MR) is 123 cm³/mol. The molecule has 0 radical (unpaired) electrons. The summed E-state index contributed by atoms with van der Waals surface area (Å²) in [4.78, 5) is 33.9. The maximum atomic E-state index is 13.7. The Balaban J connectivity index is 1.42. The Morgan fingerprint density at radius 1 is 1.15 bits per heavy atom. The lowest BCUT2D eigenvalue weighted by atomic mass is 9.97. The van der Waals surface area contributed by atoms with Gasteiger partial charge in [-0.2, -0.15) is 15.0 Å². The van der Waals surface area contributed by atoms with E-state index in [1.807, 2.05) is 44.7 Å². The molecule has 34 heavy (non-hydrogen) atoms. The van der Waals surface area contributed by atoms with Gasteiger partial charge in [-0.3, -0.25) is 4.79 Å². The van der Waals surface area contributed by atoms with Crippen molar-refractivity contribution in [1.29, 1.82) is 0 Å². The first-order valence-electron chi connectivity index (χ1n) is 11.4. The molecule has 0 N–H and O–H groups in total. The number of benzene rings is 1. The van der Waals surface area contributed by atoms with Crippen molar-refractivity contribution >= 4 is 11.9 Å². The molecule has 3 aromatic rings. The SMILES string of the molecule is Cc1cccc(C(=O)N2C[C@H](Oc3nccc4c3C(=O)OC4(C)C)CC[C@H]2C)c1-n1nccn1. The molecule has 0 saturated carbocycles. The maximum absolute atomic E-state index is 13.7. The fourth-order valence-electron chi connectivity index (χ4n) is 4.76. The number of para-hydroxylation sites is 1. The van der Waals surface area contributed by atoms with Crippen molar-refractivity contribution in [3.8, 4) is 11.6 Å². The number of hydrogen-bond donors (Lipinski definition) is 0. The molecular weight excluding hydrogens is 434 g/mol. The summed E-state index contributed by atoms with van der Waals surface area (Å²) in [6.45, 7) is 8.04. The average molecular weight is 462 g/mol. The van der Waals surface area contributed by atoms with E-state index in [1.165, 1.54) is 4.80 Å². The number of piperidine rings is 1. The number of carbonyl (C=O) groups is 2. The molecule has 1 fully saturated rings. The van der Waals surface area contributed by atoms with E-state index in [-0.39, 0.29) is 23.9 Å². The van der Waals surface area contributed by atoms with Crippen molar-refractivity contribution in [3.63, 3.8) is 0 Å².